The second-order valence-electron chi connectivity index (χ2n) is 4.58. The molecule has 1 N–H and O–H groups in total. The molecule has 0 aliphatic rings. The molecule has 0 spiro atoms. The first-order chi connectivity index (χ1) is 9.51. The number of hydrogen-bond acceptors (Lipinski definition) is 3. The number of carbonyl (C=O) groups excluding carboxylic acids is 1. The maximum atomic E-state index is 11.9. The minimum Gasteiger partial charge on any atom is -0.323 e. The minimum atomic E-state index is -0.0342. The maximum Gasteiger partial charge on any atom is 0.226 e. The fourth-order valence-corrected chi connectivity index (χ4v) is 2.24. The molecule has 0 saturated carbocycles. The Kier molecular flexibility index (Phi) is 4.59. The smallest absolute Gasteiger partial charge is 0.226 e. The third kappa shape index (κ3) is 3.27. The fourth-order valence-electron chi connectivity index (χ4n) is 1.92. The lowest BCUT2D eigenvalue weighted by Crippen LogP contribution is -2.15. The summed E-state index contributed by atoms with van der Waals surface area (Å²) in [5.41, 5.74) is 2.67. The lowest BCUT2D eigenvalue weighted by atomic mass is 10.3. The van der Waals surface area contributed by atoms with Gasteiger partial charge in [-0.15, -0.1) is 0 Å². The van der Waals surface area contributed by atoms with E-state index in [0.717, 1.165) is 28.1 Å². The number of aryl methyl sites for hydroxylation is 3. The Morgan fingerprint density at radius 2 is 2.20 bits per heavy atom. The number of amides is 1. The fraction of sp³-hybridized carbons (Fsp3) is 0.462. The zero-order valence-corrected chi connectivity index (χ0v) is 13.4. The average Bonchev–Trinajstić information content (AvgIpc) is 2.92. The minimum absolute atomic E-state index is 0.0342. The zero-order valence-electron chi connectivity index (χ0n) is 11.9. The topological polar surface area (TPSA) is 64.7 Å². The van der Waals surface area contributed by atoms with Crippen LogP contribution >= 0.6 is 15.9 Å². The Bertz CT molecular complexity index is 597. The second kappa shape index (κ2) is 6.21. The summed E-state index contributed by atoms with van der Waals surface area (Å²) >= 11 is 3.40. The van der Waals surface area contributed by atoms with E-state index < -0.39 is 0 Å². The highest BCUT2D eigenvalue weighted by molar-refractivity contribution is 9.10. The molecule has 2 aromatic heterocycles. The molecule has 0 aliphatic carbocycles. The zero-order chi connectivity index (χ0) is 14.7. The monoisotopic (exact) mass is 339 g/mol. The molecule has 6 nitrogen and oxygen atoms in total. The number of carbonyl (C=O) groups is 1. The van der Waals surface area contributed by atoms with Crippen LogP contribution in [0.2, 0.25) is 0 Å². The SMILES string of the molecule is CCn1ncc(NC(=O)CCn2cc(Br)c(C)n2)c1C. The van der Waals surface area contributed by atoms with Crippen LogP contribution in [0.3, 0.4) is 0 Å². The van der Waals surface area contributed by atoms with Gasteiger partial charge in [-0.25, -0.2) is 0 Å². The van der Waals surface area contributed by atoms with Gasteiger partial charge in [0.1, 0.15) is 0 Å². The predicted octanol–water partition coefficient (Wildman–Crippen LogP) is 2.51. The molecule has 0 fully saturated rings. The largest absolute Gasteiger partial charge is 0.323 e. The third-order valence-corrected chi connectivity index (χ3v) is 3.91. The number of nitrogens with zero attached hydrogens (tertiary/aromatic N) is 4. The van der Waals surface area contributed by atoms with Crippen LogP contribution in [0.1, 0.15) is 24.7 Å². The van der Waals surface area contributed by atoms with E-state index >= 15 is 0 Å². The number of hydrogen-bond donors (Lipinski definition) is 1. The normalized spacial score (nSPS) is 10.8. The van der Waals surface area contributed by atoms with Crippen LogP contribution in [0.25, 0.3) is 0 Å². The molecule has 1 amide bonds. The standard InChI is InChI=1S/C13H18BrN5O/c1-4-19-10(3)12(7-15-19)16-13(20)5-6-18-8-11(14)9(2)17-18/h7-8H,4-6H2,1-3H3,(H,16,20). The number of halogens is 1. The van der Waals surface area contributed by atoms with Gasteiger partial charge in [0.25, 0.3) is 0 Å². The second-order valence-corrected chi connectivity index (χ2v) is 5.44. The van der Waals surface area contributed by atoms with Crippen LogP contribution in [0.5, 0.6) is 0 Å². The Balaban J connectivity index is 1.90. The molecule has 108 valence electrons. The van der Waals surface area contributed by atoms with Crippen molar-refractivity contribution < 1.29 is 4.79 Å². The first kappa shape index (κ1) is 14.8. The van der Waals surface area contributed by atoms with Crippen molar-refractivity contribution in [3.8, 4) is 0 Å². The van der Waals surface area contributed by atoms with Gasteiger partial charge < -0.3 is 5.32 Å². The van der Waals surface area contributed by atoms with Crippen molar-refractivity contribution >= 4 is 27.5 Å². The van der Waals surface area contributed by atoms with Gasteiger partial charge >= 0.3 is 0 Å². The first-order valence-electron chi connectivity index (χ1n) is 6.53. The molecular weight excluding hydrogens is 322 g/mol. The van der Waals surface area contributed by atoms with Gasteiger partial charge in [-0.05, 0) is 36.7 Å². The number of rotatable bonds is 5. The van der Waals surface area contributed by atoms with Crippen LogP contribution < -0.4 is 5.32 Å². The molecule has 2 rings (SSSR count). The lowest BCUT2D eigenvalue weighted by Gasteiger charge is -2.05. The third-order valence-electron chi connectivity index (χ3n) is 3.13. The molecule has 0 aromatic carbocycles. The van der Waals surface area contributed by atoms with Gasteiger partial charge in [-0.2, -0.15) is 10.2 Å². The Hall–Kier alpha value is -1.63. The summed E-state index contributed by atoms with van der Waals surface area (Å²) in [7, 11) is 0. The summed E-state index contributed by atoms with van der Waals surface area (Å²) in [4.78, 5) is 11.9. The molecule has 0 aliphatic heterocycles. The summed E-state index contributed by atoms with van der Waals surface area (Å²) in [6, 6.07) is 0. The van der Waals surface area contributed by atoms with E-state index in [-0.39, 0.29) is 5.91 Å². The molecule has 0 bridgehead atoms. The highest BCUT2D eigenvalue weighted by atomic mass is 79.9. The van der Waals surface area contributed by atoms with E-state index in [4.69, 9.17) is 0 Å². The van der Waals surface area contributed by atoms with Crippen molar-refractivity contribution in [1.82, 2.24) is 19.6 Å². The number of aromatic nitrogens is 4. The molecule has 20 heavy (non-hydrogen) atoms. The Morgan fingerprint density at radius 1 is 1.45 bits per heavy atom. The van der Waals surface area contributed by atoms with Crippen molar-refractivity contribution in [2.24, 2.45) is 0 Å². The molecule has 7 heteroatoms. The number of anilines is 1. The van der Waals surface area contributed by atoms with E-state index in [1.807, 2.05) is 31.6 Å². The lowest BCUT2D eigenvalue weighted by molar-refractivity contribution is -0.116. The predicted molar refractivity (Wildman–Crippen MR) is 80.5 cm³/mol. The summed E-state index contributed by atoms with van der Waals surface area (Å²) in [6.45, 7) is 7.23. The van der Waals surface area contributed by atoms with Gasteiger partial charge in [0.05, 0.1) is 27.7 Å². The van der Waals surface area contributed by atoms with E-state index in [9.17, 15) is 4.79 Å². The van der Waals surface area contributed by atoms with Gasteiger partial charge in [-0.1, -0.05) is 0 Å². The summed E-state index contributed by atoms with van der Waals surface area (Å²) in [6.07, 6.45) is 3.94. The van der Waals surface area contributed by atoms with E-state index in [2.05, 4.69) is 31.4 Å². The van der Waals surface area contributed by atoms with E-state index in [0.29, 0.717) is 13.0 Å². The van der Waals surface area contributed by atoms with Crippen LogP contribution in [-0.4, -0.2) is 25.5 Å². The Morgan fingerprint density at radius 3 is 2.75 bits per heavy atom. The highest BCUT2D eigenvalue weighted by Crippen LogP contribution is 2.15. The van der Waals surface area contributed by atoms with Gasteiger partial charge in [0.2, 0.25) is 5.91 Å². The molecule has 0 unspecified atom stereocenters. The van der Waals surface area contributed by atoms with Crippen LogP contribution in [0, 0.1) is 13.8 Å². The Labute approximate surface area is 126 Å². The summed E-state index contributed by atoms with van der Waals surface area (Å²) in [5, 5.41) is 11.4. The molecule has 0 radical (unpaired) electrons. The van der Waals surface area contributed by atoms with Crippen molar-refractivity contribution in [3.05, 3.63) is 28.3 Å². The van der Waals surface area contributed by atoms with Crippen molar-refractivity contribution in [2.45, 2.75) is 40.3 Å². The quantitative estimate of drug-likeness (QED) is 0.910. The molecular formula is C13H18BrN5O. The maximum absolute atomic E-state index is 11.9. The van der Waals surface area contributed by atoms with Crippen molar-refractivity contribution in [1.29, 1.82) is 0 Å². The van der Waals surface area contributed by atoms with Gasteiger partial charge in [0, 0.05) is 25.7 Å². The van der Waals surface area contributed by atoms with Gasteiger partial charge in [-0.3, -0.25) is 14.2 Å². The summed E-state index contributed by atoms with van der Waals surface area (Å²) in [5.74, 6) is -0.0342. The molecule has 0 atom stereocenters. The van der Waals surface area contributed by atoms with Crippen LogP contribution in [0.15, 0.2) is 16.9 Å². The first-order valence-corrected chi connectivity index (χ1v) is 7.32. The molecule has 2 heterocycles. The van der Waals surface area contributed by atoms with Crippen molar-refractivity contribution in [3.63, 3.8) is 0 Å². The van der Waals surface area contributed by atoms with Crippen LogP contribution in [-0.2, 0) is 17.9 Å². The van der Waals surface area contributed by atoms with Crippen LogP contribution in [0.4, 0.5) is 5.69 Å². The van der Waals surface area contributed by atoms with Crippen molar-refractivity contribution in [2.75, 3.05) is 5.32 Å². The van der Waals surface area contributed by atoms with Gasteiger partial charge in [0.15, 0.2) is 0 Å². The summed E-state index contributed by atoms with van der Waals surface area (Å²) < 4.78 is 4.57. The average molecular weight is 340 g/mol. The van der Waals surface area contributed by atoms with E-state index in [1.54, 1.807) is 10.9 Å². The molecule has 0 saturated heterocycles. The number of nitrogens with one attached hydrogen (secondary N) is 1. The van der Waals surface area contributed by atoms with E-state index in [1.165, 1.54) is 0 Å². The highest BCUT2D eigenvalue weighted by Gasteiger charge is 2.09. The molecule has 2 aromatic rings.